The monoisotopic (exact) mass is 446 g/mol. The van der Waals surface area contributed by atoms with Crippen LogP contribution < -0.4 is 14.2 Å². The summed E-state index contributed by atoms with van der Waals surface area (Å²) in [7, 11) is 3.16. The van der Waals surface area contributed by atoms with Crippen LogP contribution >= 0.6 is 24.0 Å². The van der Waals surface area contributed by atoms with E-state index in [4.69, 9.17) is 26.4 Å². The number of nitro benzene ring substituents is 1. The molecule has 0 bridgehead atoms. The second-order valence-corrected chi connectivity index (χ2v) is 7.77. The van der Waals surface area contributed by atoms with E-state index in [1.165, 1.54) is 23.1 Å². The fourth-order valence-corrected chi connectivity index (χ4v) is 3.75. The molecule has 1 heterocycles. The van der Waals surface area contributed by atoms with E-state index in [1.54, 1.807) is 32.4 Å². The van der Waals surface area contributed by atoms with Gasteiger partial charge in [0.05, 0.1) is 16.9 Å². The number of methoxy groups -OCH3 is 1. The molecule has 0 radical (unpaired) electrons. The summed E-state index contributed by atoms with van der Waals surface area (Å²) >= 11 is 6.26. The quantitative estimate of drug-likeness (QED) is 0.198. The Hall–Kier alpha value is -3.11. The van der Waals surface area contributed by atoms with Gasteiger partial charge in [0.1, 0.15) is 34.8 Å². The fourth-order valence-electron chi connectivity index (χ4n) is 2.58. The molecule has 1 saturated heterocycles. The highest BCUT2D eigenvalue weighted by molar-refractivity contribution is 8.26. The first-order chi connectivity index (χ1) is 14.4. The van der Waals surface area contributed by atoms with Gasteiger partial charge in [0.15, 0.2) is 0 Å². The topological polar surface area (TPSA) is 91.1 Å². The highest BCUT2D eigenvalue weighted by atomic mass is 32.2. The Kier molecular flexibility index (Phi) is 6.91. The summed E-state index contributed by atoms with van der Waals surface area (Å²) in [5.41, 5.74) is 0.313. The third kappa shape index (κ3) is 5.08. The molecule has 1 aliphatic heterocycles. The van der Waals surface area contributed by atoms with Gasteiger partial charge >= 0.3 is 0 Å². The Morgan fingerprint density at radius 1 is 1.17 bits per heavy atom. The number of carbonyl (C=O) groups excluding carboxylic acids is 1. The van der Waals surface area contributed by atoms with Gasteiger partial charge in [-0.25, -0.2) is 0 Å². The number of hydrogen-bond acceptors (Lipinski definition) is 8. The molecule has 30 heavy (non-hydrogen) atoms. The number of non-ortho nitro benzene ring substituents is 1. The first kappa shape index (κ1) is 21.6. The van der Waals surface area contributed by atoms with E-state index in [2.05, 4.69) is 0 Å². The molecule has 0 unspecified atom stereocenters. The van der Waals surface area contributed by atoms with Crippen LogP contribution in [0.1, 0.15) is 5.56 Å². The molecule has 1 aliphatic rings. The summed E-state index contributed by atoms with van der Waals surface area (Å²) in [6, 6.07) is 11.4. The smallest absolute Gasteiger partial charge is 0.270 e. The molecule has 156 valence electrons. The molecule has 0 saturated carbocycles. The third-order valence-corrected chi connectivity index (χ3v) is 5.61. The van der Waals surface area contributed by atoms with Gasteiger partial charge in [0, 0.05) is 30.8 Å². The molecule has 0 aromatic heterocycles. The normalized spacial score (nSPS) is 14.9. The number of likely N-dealkylation sites (N-methyl/N-ethyl adjacent to an activating group) is 1. The summed E-state index contributed by atoms with van der Waals surface area (Å²) in [4.78, 5) is 24.6. The standard InChI is InChI=1S/C20H18N2O6S2/c1-21-19(23)18(30-20(21)29)11-13-10-14(22(24)25)6-7-17(13)28-9-8-27-16-5-3-4-15(12-16)26-2/h3-7,10-12H,8-9H2,1-2H3/b18-11-. The number of benzene rings is 2. The van der Waals surface area contributed by atoms with Crippen molar-refractivity contribution in [3.63, 3.8) is 0 Å². The first-order valence-corrected chi connectivity index (χ1v) is 10.0. The minimum Gasteiger partial charge on any atom is -0.497 e. The van der Waals surface area contributed by atoms with Crippen molar-refractivity contribution < 1.29 is 23.9 Å². The second-order valence-electron chi connectivity index (χ2n) is 6.10. The highest BCUT2D eigenvalue weighted by Gasteiger charge is 2.29. The minimum atomic E-state index is -0.502. The molecule has 1 fully saturated rings. The molecule has 1 amide bonds. The average molecular weight is 447 g/mol. The van der Waals surface area contributed by atoms with Crippen LogP contribution in [0.4, 0.5) is 5.69 Å². The van der Waals surface area contributed by atoms with E-state index in [9.17, 15) is 14.9 Å². The molecule has 10 heteroatoms. The van der Waals surface area contributed by atoms with Crippen molar-refractivity contribution >= 4 is 46.0 Å². The van der Waals surface area contributed by atoms with Crippen LogP contribution in [0, 0.1) is 10.1 Å². The lowest BCUT2D eigenvalue weighted by molar-refractivity contribution is -0.384. The van der Waals surface area contributed by atoms with Gasteiger partial charge in [0.25, 0.3) is 11.6 Å². The van der Waals surface area contributed by atoms with Gasteiger partial charge in [-0.3, -0.25) is 19.8 Å². The van der Waals surface area contributed by atoms with Crippen molar-refractivity contribution in [2.45, 2.75) is 0 Å². The number of amides is 1. The lowest BCUT2D eigenvalue weighted by atomic mass is 10.1. The maximum Gasteiger partial charge on any atom is 0.270 e. The van der Waals surface area contributed by atoms with Crippen LogP contribution in [0.3, 0.4) is 0 Å². The number of hydrogen-bond donors (Lipinski definition) is 0. The molecule has 2 aromatic rings. The van der Waals surface area contributed by atoms with Crippen LogP contribution in [-0.4, -0.2) is 47.4 Å². The van der Waals surface area contributed by atoms with Crippen molar-refractivity contribution in [1.82, 2.24) is 4.90 Å². The molecule has 0 atom stereocenters. The van der Waals surface area contributed by atoms with Crippen LogP contribution in [-0.2, 0) is 4.79 Å². The van der Waals surface area contributed by atoms with Gasteiger partial charge in [0.2, 0.25) is 0 Å². The van der Waals surface area contributed by atoms with E-state index >= 15 is 0 Å². The SMILES string of the molecule is COc1cccc(OCCOc2ccc([N+](=O)[O-])cc2/C=C2\SC(=S)N(C)C2=O)c1. The number of nitro groups is 1. The van der Waals surface area contributed by atoms with Crippen molar-refractivity contribution in [1.29, 1.82) is 0 Å². The Balaban J connectivity index is 1.73. The predicted molar refractivity (Wildman–Crippen MR) is 118 cm³/mol. The predicted octanol–water partition coefficient (Wildman–Crippen LogP) is 3.89. The summed E-state index contributed by atoms with van der Waals surface area (Å²) in [6.07, 6.45) is 1.55. The van der Waals surface area contributed by atoms with E-state index in [1.807, 2.05) is 12.1 Å². The van der Waals surface area contributed by atoms with Crippen LogP contribution in [0.2, 0.25) is 0 Å². The van der Waals surface area contributed by atoms with E-state index in [-0.39, 0.29) is 24.8 Å². The highest BCUT2D eigenvalue weighted by Crippen LogP contribution is 2.34. The Bertz CT molecular complexity index is 1020. The van der Waals surface area contributed by atoms with Gasteiger partial charge in [-0.15, -0.1) is 0 Å². The van der Waals surface area contributed by atoms with Gasteiger partial charge in [-0.05, 0) is 24.3 Å². The van der Waals surface area contributed by atoms with Crippen molar-refractivity contribution in [2.75, 3.05) is 27.4 Å². The molecular weight excluding hydrogens is 428 g/mol. The van der Waals surface area contributed by atoms with Crippen LogP contribution in [0.25, 0.3) is 6.08 Å². The maximum absolute atomic E-state index is 12.3. The molecular formula is C20H18N2O6S2. The molecule has 0 aliphatic carbocycles. The summed E-state index contributed by atoms with van der Waals surface area (Å²) < 4.78 is 17.0. The summed E-state index contributed by atoms with van der Waals surface area (Å²) in [6.45, 7) is 0.450. The third-order valence-electron chi connectivity index (χ3n) is 4.13. The van der Waals surface area contributed by atoms with Crippen LogP contribution in [0.15, 0.2) is 47.4 Å². The van der Waals surface area contributed by atoms with Crippen molar-refractivity contribution in [3.05, 3.63) is 63.0 Å². The molecule has 8 nitrogen and oxygen atoms in total. The van der Waals surface area contributed by atoms with E-state index < -0.39 is 4.92 Å². The number of thioether (sulfide) groups is 1. The second kappa shape index (κ2) is 9.59. The molecule has 2 aromatic carbocycles. The zero-order valence-corrected chi connectivity index (χ0v) is 17.8. The molecule has 0 N–H and O–H groups in total. The number of nitrogens with zero attached hydrogens (tertiary/aromatic N) is 2. The van der Waals surface area contributed by atoms with Gasteiger partial charge in [-0.1, -0.05) is 30.0 Å². The lowest BCUT2D eigenvalue weighted by Gasteiger charge is -2.11. The molecule has 3 rings (SSSR count). The Labute approximate surface area is 182 Å². The number of rotatable bonds is 8. The minimum absolute atomic E-state index is 0.104. The largest absolute Gasteiger partial charge is 0.497 e. The van der Waals surface area contributed by atoms with Crippen LogP contribution in [0.5, 0.6) is 17.2 Å². The first-order valence-electron chi connectivity index (χ1n) is 8.78. The van der Waals surface area contributed by atoms with Crippen molar-refractivity contribution in [2.24, 2.45) is 0 Å². The number of thiocarbonyl (C=S) groups is 1. The van der Waals surface area contributed by atoms with Gasteiger partial charge in [-0.2, -0.15) is 0 Å². The lowest BCUT2D eigenvalue weighted by Crippen LogP contribution is -2.22. The average Bonchev–Trinajstić information content (AvgIpc) is 2.98. The summed E-state index contributed by atoms with van der Waals surface area (Å²) in [5, 5.41) is 11.2. The Morgan fingerprint density at radius 3 is 2.57 bits per heavy atom. The van der Waals surface area contributed by atoms with Gasteiger partial charge < -0.3 is 14.2 Å². The van der Waals surface area contributed by atoms with E-state index in [0.29, 0.717) is 32.0 Å². The number of ether oxygens (including phenoxy) is 3. The fraction of sp³-hybridized carbons (Fsp3) is 0.200. The summed E-state index contributed by atoms with van der Waals surface area (Å²) in [5.74, 6) is 1.45. The van der Waals surface area contributed by atoms with Crippen molar-refractivity contribution in [3.8, 4) is 17.2 Å². The molecule has 0 spiro atoms. The zero-order chi connectivity index (χ0) is 21.7. The number of carbonyl (C=O) groups is 1. The van der Waals surface area contributed by atoms with E-state index in [0.717, 1.165) is 11.8 Å². The maximum atomic E-state index is 12.3. The zero-order valence-electron chi connectivity index (χ0n) is 16.2. The Morgan fingerprint density at radius 2 is 1.90 bits per heavy atom.